The number of aliphatic hydroxyl groups excluding tert-OH is 1. The maximum atomic E-state index is 9.17. The van der Waals surface area contributed by atoms with Crippen molar-refractivity contribution >= 4 is 0 Å². The summed E-state index contributed by atoms with van der Waals surface area (Å²) in [4.78, 5) is 0. The molecule has 1 aromatic heterocycles. The van der Waals surface area contributed by atoms with E-state index in [2.05, 4.69) is 17.3 Å². The molecule has 5 nitrogen and oxygen atoms in total. The minimum atomic E-state index is 0.00582. The molecule has 0 aliphatic heterocycles. The lowest BCUT2D eigenvalue weighted by atomic mass is 10.2. The molecule has 2 aromatic rings. The van der Waals surface area contributed by atoms with E-state index in [9.17, 15) is 5.11 Å². The lowest BCUT2D eigenvalue weighted by molar-refractivity contribution is 0.281. The third kappa shape index (κ3) is 3.18. The second-order valence-corrected chi connectivity index (χ2v) is 4.68. The minimum Gasteiger partial charge on any atom is -0.439 e. The van der Waals surface area contributed by atoms with E-state index in [0.29, 0.717) is 5.75 Å². The Bertz CT molecular complexity index is 578. The fourth-order valence-electron chi connectivity index (χ4n) is 2.08. The van der Waals surface area contributed by atoms with Crippen LogP contribution in [0.3, 0.4) is 0 Å². The van der Waals surface area contributed by atoms with Gasteiger partial charge in [-0.2, -0.15) is 5.10 Å². The van der Waals surface area contributed by atoms with Crippen LogP contribution in [-0.4, -0.2) is 21.4 Å². The van der Waals surface area contributed by atoms with Crippen LogP contribution in [0.4, 0.5) is 0 Å². The number of benzene rings is 1. The van der Waals surface area contributed by atoms with Crippen LogP contribution in [0.5, 0.6) is 11.6 Å². The Kier molecular flexibility index (Phi) is 4.76. The van der Waals surface area contributed by atoms with Gasteiger partial charge in [0.1, 0.15) is 5.75 Å². The summed E-state index contributed by atoms with van der Waals surface area (Å²) in [6.07, 6.45) is 0. The van der Waals surface area contributed by atoms with E-state index in [0.717, 1.165) is 35.8 Å². The highest BCUT2D eigenvalue weighted by atomic mass is 16.5. The molecule has 0 radical (unpaired) electrons. The number of nitrogens with one attached hydrogen (secondary N) is 1. The smallest absolute Gasteiger partial charge is 0.222 e. The van der Waals surface area contributed by atoms with Gasteiger partial charge in [-0.05, 0) is 31.2 Å². The zero-order chi connectivity index (χ0) is 14.5. The van der Waals surface area contributed by atoms with Crippen molar-refractivity contribution < 1.29 is 9.84 Å². The van der Waals surface area contributed by atoms with Gasteiger partial charge in [0.15, 0.2) is 0 Å². The standard InChI is InChI=1S/C15H21N3O2/c1-4-16-9-14-11(2)17-18(3)15(14)20-13-7-5-6-12(8-13)10-19/h5-8,16,19H,4,9-10H2,1-3H3. The summed E-state index contributed by atoms with van der Waals surface area (Å²) in [5.74, 6) is 1.44. The van der Waals surface area contributed by atoms with Crippen molar-refractivity contribution in [2.24, 2.45) is 7.05 Å². The molecule has 20 heavy (non-hydrogen) atoms. The van der Waals surface area contributed by atoms with Gasteiger partial charge in [0, 0.05) is 13.6 Å². The molecular formula is C15H21N3O2. The topological polar surface area (TPSA) is 59.3 Å². The van der Waals surface area contributed by atoms with Gasteiger partial charge in [-0.1, -0.05) is 19.1 Å². The van der Waals surface area contributed by atoms with Crippen LogP contribution < -0.4 is 10.1 Å². The Labute approximate surface area is 119 Å². The largest absolute Gasteiger partial charge is 0.439 e. The van der Waals surface area contributed by atoms with Crippen molar-refractivity contribution in [3.63, 3.8) is 0 Å². The van der Waals surface area contributed by atoms with Crippen LogP contribution in [0.2, 0.25) is 0 Å². The Balaban J connectivity index is 2.27. The van der Waals surface area contributed by atoms with Crippen molar-refractivity contribution in [3.8, 4) is 11.6 Å². The first kappa shape index (κ1) is 14.6. The predicted molar refractivity (Wildman–Crippen MR) is 77.8 cm³/mol. The molecule has 0 fully saturated rings. The number of ether oxygens (including phenoxy) is 1. The van der Waals surface area contributed by atoms with Crippen molar-refractivity contribution in [3.05, 3.63) is 41.1 Å². The van der Waals surface area contributed by atoms with Crippen LogP contribution >= 0.6 is 0 Å². The van der Waals surface area contributed by atoms with Crippen LogP contribution in [0.15, 0.2) is 24.3 Å². The maximum Gasteiger partial charge on any atom is 0.222 e. The number of aliphatic hydroxyl groups is 1. The van der Waals surface area contributed by atoms with Gasteiger partial charge < -0.3 is 15.2 Å². The van der Waals surface area contributed by atoms with E-state index in [1.165, 1.54) is 0 Å². The molecule has 108 valence electrons. The molecule has 1 heterocycles. The number of hydrogen-bond acceptors (Lipinski definition) is 4. The summed E-state index contributed by atoms with van der Waals surface area (Å²) >= 11 is 0. The quantitative estimate of drug-likeness (QED) is 0.848. The average Bonchev–Trinajstić information content (AvgIpc) is 2.71. The number of hydrogen-bond donors (Lipinski definition) is 2. The van der Waals surface area contributed by atoms with Gasteiger partial charge in [0.05, 0.1) is 17.9 Å². The highest BCUT2D eigenvalue weighted by Gasteiger charge is 2.15. The summed E-state index contributed by atoms with van der Waals surface area (Å²) in [7, 11) is 1.87. The average molecular weight is 275 g/mol. The van der Waals surface area contributed by atoms with Gasteiger partial charge in [-0.3, -0.25) is 0 Å². The predicted octanol–water partition coefficient (Wildman–Crippen LogP) is 2.12. The molecule has 0 amide bonds. The summed E-state index contributed by atoms with van der Waals surface area (Å²) in [6.45, 7) is 5.67. The summed E-state index contributed by atoms with van der Waals surface area (Å²) in [5.41, 5.74) is 2.85. The summed E-state index contributed by atoms with van der Waals surface area (Å²) < 4.78 is 7.69. The van der Waals surface area contributed by atoms with Gasteiger partial charge in [0.2, 0.25) is 5.88 Å². The van der Waals surface area contributed by atoms with Gasteiger partial charge in [0.25, 0.3) is 0 Å². The van der Waals surface area contributed by atoms with Gasteiger partial charge >= 0.3 is 0 Å². The molecule has 2 N–H and O–H groups in total. The normalized spacial score (nSPS) is 10.8. The molecule has 0 spiro atoms. The van der Waals surface area contributed by atoms with Crippen molar-refractivity contribution in [1.82, 2.24) is 15.1 Å². The molecule has 0 aliphatic rings. The number of nitrogens with zero attached hydrogens (tertiary/aromatic N) is 2. The molecule has 0 aliphatic carbocycles. The molecule has 0 bridgehead atoms. The Hall–Kier alpha value is -1.85. The van der Waals surface area contributed by atoms with E-state index in [4.69, 9.17) is 4.74 Å². The fourth-order valence-corrected chi connectivity index (χ4v) is 2.08. The van der Waals surface area contributed by atoms with E-state index in [1.807, 2.05) is 38.2 Å². The SMILES string of the molecule is CCNCc1c(C)nn(C)c1Oc1cccc(CO)c1. The first-order chi connectivity index (χ1) is 9.65. The molecule has 0 atom stereocenters. The Morgan fingerprint density at radius 3 is 2.90 bits per heavy atom. The number of aromatic nitrogens is 2. The van der Waals surface area contributed by atoms with Gasteiger partial charge in [-0.25, -0.2) is 4.68 Å². The van der Waals surface area contributed by atoms with E-state index >= 15 is 0 Å². The molecule has 1 aromatic carbocycles. The van der Waals surface area contributed by atoms with Crippen LogP contribution in [0.25, 0.3) is 0 Å². The van der Waals surface area contributed by atoms with Crippen LogP contribution in [-0.2, 0) is 20.2 Å². The zero-order valence-electron chi connectivity index (χ0n) is 12.2. The number of aryl methyl sites for hydroxylation is 2. The minimum absolute atomic E-state index is 0.00582. The van der Waals surface area contributed by atoms with Gasteiger partial charge in [-0.15, -0.1) is 0 Å². The third-order valence-electron chi connectivity index (χ3n) is 3.14. The zero-order valence-corrected chi connectivity index (χ0v) is 12.2. The van der Waals surface area contributed by atoms with E-state index in [-0.39, 0.29) is 6.61 Å². The Morgan fingerprint density at radius 2 is 2.20 bits per heavy atom. The van der Waals surface area contributed by atoms with Crippen LogP contribution in [0.1, 0.15) is 23.7 Å². The van der Waals surface area contributed by atoms with Crippen molar-refractivity contribution in [2.45, 2.75) is 27.0 Å². The summed E-state index contributed by atoms with van der Waals surface area (Å²) in [6, 6.07) is 7.44. The first-order valence-electron chi connectivity index (χ1n) is 6.76. The molecule has 2 rings (SSSR count). The maximum absolute atomic E-state index is 9.17. The molecule has 0 unspecified atom stereocenters. The van der Waals surface area contributed by atoms with Crippen LogP contribution in [0, 0.1) is 6.92 Å². The fraction of sp³-hybridized carbons (Fsp3) is 0.400. The third-order valence-corrected chi connectivity index (χ3v) is 3.14. The second-order valence-electron chi connectivity index (χ2n) is 4.68. The summed E-state index contributed by atoms with van der Waals surface area (Å²) in [5, 5.41) is 16.9. The first-order valence-corrected chi connectivity index (χ1v) is 6.76. The highest BCUT2D eigenvalue weighted by Crippen LogP contribution is 2.27. The monoisotopic (exact) mass is 275 g/mol. The Morgan fingerprint density at radius 1 is 1.40 bits per heavy atom. The second kappa shape index (κ2) is 6.54. The molecule has 5 heteroatoms. The van der Waals surface area contributed by atoms with E-state index < -0.39 is 0 Å². The van der Waals surface area contributed by atoms with E-state index in [1.54, 1.807) is 4.68 Å². The highest BCUT2D eigenvalue weighted by molar-refractivity contribution is 5.37. The number of rotatable bonds is 6. The van der Waals surface area contributed by atoms with Crippen molar-refractivity contribution in [1.29, 1.82) is 0 Å². The molecule has 0 saturated carbocycles. The molecule has 0 saturated heterocycles. The lowest BCUT2D eigenvalue weighted by Crippen LogP contribution is -2.12. The lowest BCUT2D eigenvalue weighted by Gasteiger charge is -2.10. The van der Waals surface area contributed by atoms with Crippen molar-refractivity contribution in [2.75, 3.05) is 6.54 Å². The molecular weight excluding hydrogens is 254 g/mol.